The van der Waals surface area contributed by atoms with Gasteiger partial charge in [0.05, 0.1) is 0 Å². The maximum atomic E-state index is 3.79. The molecule has 0 aliphatic carbocycles. The Balaban J connectivity index is 3.05. The van der Waals surface area contributed by atoms with Crippen LogP contribution in [-0.2, 0) is 0 Å². The predicted molar refractivity (Wildman–Crippen MR) is 23.5 cm³/mol. The van der Waals surface area contributed by atoms with Crippen molar-refractivity contribution in [1.82, 2.24) is 9.36 Å². The van der Waals surface area contributed by atoms with Crippen molar-refractivity contribution in [2.45, 2.75) is 6.92 Å². The maximum Gasteiger partial charge on any atom is 0.174 e. The van der Waals surface area contributed by atoms with E-state index in [0.29, 0.717) is 0 Å². The molecule has 3 heteroatoms. The summed E-state index contributed by atoms with van der Waals surface area (Å²) in [6, 6.07) is 0. The van der Waals surface area contributed by atoms with Gasteiger partial charge in [-0.1, -0.05) is 0 Å². The molecule has 0 aliphatic heterocycles. The minimum Gasteiger partial charge on any atom is -0.217 e. The molecular weight excluding hydrogens is 96.1 g/mol. The van der Waals surface area contributed by atoms with Crippen LogP contribution in [0.3, 0.4) is 0 Å². The van der Waals surface area contributed by atoms with E-state index in [9.17, 15) is 0 Å². The molecule has 0 saturated heterocycles. The number of nitrogens with zero attached hydrogens (tertiary/aromatic N) is 2. The zero-order chi connectivity index (χ0) is 4.41. The lowest BCUT2D eigenvalue weighted by Crippen LogP contribution is -1.66. The molecule has 0 fully saturated rings. The third-order valence-electron chi connectivity index (χ3n) is 0.426. The summed E-state index contributed by atoms with van der Waals surface area (Å²) in [5, 5.41) is 0. The number of hydrogen-bond acceptors (Lipinski definition) is 3. The Kier molecular flexibility index (Phi) is 0.837. The van der Waals surface area contributed by atoms with Gasteiger partial charge in [0, 0.05) is 0 Å². The number of hydrogen-bond donors (Lipinski definition) is 0. The molecule has 2 nitrogen and oxygen atoms in total. The lowest BCUT2D eigenvalue weighted by Gasteiger charge is -1.62. The van der Waals surface area contributed by atoms with E-state index in [-0.39, 0.29) is 0 Å². The summed E-state index contributed by atoms with van der Waals surface area (Å²) >= 11 is 1.25. The van der Waals surface area contributed by atoms with Gasteiger partial charge < -0.3 is 0 Å². The fraction of sp³-hybridized carbons (Fsp3) is 0.333. The fourth-order valence-electron chi connectivity index (χ4n) is 0.193. The zero-order valence-corrected chi connectivity index (χ0v) is 4.12. The monoisotopic (exact) mass is 99.0 g/mol. The third kappa shape index (κ3) is 0.542. The van der Waals surface area contributed by atoms with Crippen LogP contribution < -0.4 is 0 Å². The maximum absolute atomic E-state index is 3.79. The second-order valence-electron chi connectivity index (χ2n) is 0.933. The molecule has 31 valence electrons. The van der Waals surface area contributed by atoms with Crippen molar-refractivity contribution in [3.8, 4) is 0 Å². The van der Waals surface area contributed by atoms with Crippen LogP contribution in [0, 0.1) is 12.4 Å². The highest BCUT2D eigenvalue weighted by atomic mass is 32.1. The standard InChI is InChI=1S/C3H3N2S/c1-3-4-2-6-5-3/h1H3. The zero-order valence-electron chi connectivity index (χ0n) is 3.30. The topological polar surface area (TPSA) is 25.8 Å². The average molecular weight is 99.1 g/mol. The van der Waals surface area contributed by atoms with Crippen LogP contribution in [-0.4, -0.2) is 9.36 Å². The Morgan fingerprint density at radius 2 is 2.67 bits per heavy atom. The molecular formula is C3H3N2S. The van der Waals surface area contributed by atoms with Crippen LogP contribution in [0.5, 0.6) is 0 Å². The van der Waals surface area contributed by atoms with Crippen LogP contribution in [0.1, 0.15) is 5.82 Å². The molecule has 0 amide bonds. The first-order valence-electron chi connectivity index (χ1n) is 1.56. The first-order chi connectivity index (χ1) is 2.89. The highest BCUT2D eigenvalue weighted by molar-refractivity contribution is 7.02. The molecule has 1 aromatic heterocycles. The quantitative estimate of drug-likeness (QED) is 0.477. The molecule has 0 saturated carbocycles. The van der Waals surface area contributed by atoms with E-state index in [1.807, 2.05) is 6.92 Å². The van der Waals surface area contributed by atoms with Gasteiger partial charge in [-0.15, -0.1) is 0 Å². The molecule has 1 radical (unpaired) electrons. The van der Waals surface area contributed by atoms with Gasteiger partial charge in [0.2, 0.25) is 0 Å². The van der Waals surface area contributed by atoms with Crippen molar-refractivity contribution in [2.75, 3.05) is 0 Å². The van der Waals surface area contributed by atoms with Crippen LogP contribution in [0.4, 0.5) is 0 Å². The van der Waals surface area contributed by atoms with Crippen LogP contribution >= 0.6 is 11.5 Å². The Morgan fingerprint density at radius 3 is 2.83 bits per heavy atom. The smallest absolute Gasteiger partial charge is 0.174 e. The highest BCUT2D eigenvalue weighted by Gasteiger charge is 1.79. The summed E-state index contributed by atoms with van der Waals surface area (Å²) in [7, 11) is 0. The van der Waals surface area contributed by atoms with Gasteiger partial charge in [0.1, 0.15) is 5.82 Å². The van der Waals surface area contributed by atoms with Gasteiger partial charge in [-0.05, 0) is 18.5 Å². The van der Waals surface area contributed by atoms with Crippen LogP contribution in [0.15, 0.2) is 0 Å². The van der Waals surface area contributed by atoms with Gasteiger partial charge in [-0.3, -0.25) is 0 Å². The molecule has 0 aliphatic rings. The Hall–Kier alpha value is -0.440. The second-order valence-corrected chi connectivity index (χ2v) is 1.48. The first kappa shape index (κ1) is 3.74. The highest BCUT2D eigenvalue weighted by Crippen LogP contribution is 1.86. The van der Waals surface area contributed by atoms with Crippen molar-refractivity contribution >= 4 is 11.5 Å². The van der Waals surface area contributed by atoms with Gasteiger partial charge >= 0.3 is 0 Å². The normalized spacial score (nSPS) is 8.83. The van der Waals surface area contributed by atoms with E-state index in [2.05, 4.69) is 14.9 Å². The number of aryl methyl sites for hydroxylation is 1. The largest absolute Gasteiger partial charge is 0.217 e. The van der Waals surface area contributed by atoms with Crippen molar-refractivity contribution in [2.24, 2.45) is 0 Å². The predicted octanol–water partition coefficient (Wildman–Crippen LogP) is 0.647. The van der Waals surface area contributed by atoms with Crippen molar-refractivity contribution in [3.63, 3.8) is 0 Å². The van der Waals surface area contributed by atoms with Crippen molar-refractivity contribution < 1.29 is 0 Å². The van der Waals surface area contributed by atoms with Crippen molar-refractivity contribution in [1.29, 1.82) is 0 Å². The summed E-state index contributed by atoms with van der Waals surface area (Å²) in [6.07, 6.45) is 0. The van der Waals surface area contributed by atoms with E-state index < -0.39 is 0 Å². The lowest BCUT2D eigenvalue weighted by molar-refractivity contribution is 1.16. The molecule has 1 rings (SSSR count). The van der Waals surface area contributed by atoms with Gasteiger partial charge in [-0.2, -0.15) is 4.37 Å². The SMILES string of the molecule is Cc1n[c]sn1. The molecule has 0 atom stereocenters. The third-order valence-corrected chi connectivity index (χ3v) is 0.954. The van der Waals surface area contributed by atoms with E-state index in [1.54, 1.807) is 0 Å². The molecule has 0 N–H and O–H groups in total. The minimum atomic E-state index is 0.806. The number of aromatic nitrogens is 2. The van der Waals surface area contributed by atoms with E-state index in [1.165, 1.54) is 11.5 Å². The molecule has 1 aromatic rings. The summed E-state index contributed by atoms with van der Waals surface area (Å²) in [4.78, 5) is 3.70. The Morgan fingerprint density at radius 1 is 1.83 bits per heavy atom. The molecule has 0 bridgehead atoms. The van der Waals surface area contributed by atoms with E-state index in [0.717, 1.165) is 5.82 Å². The van der Waals surface area contributed by atoms with E-state index >= 15 is 0 Å². The van der Waals surface area contributed by atoms with Crippen LogP contribution in [0.2, 0.25) is 0 Å². The number of rotatable bonds is 0. The molecule has 0 spiro atoms. The van der Waals surface area contributed by atoms with Gasteiger partial charge in [0.25, 0.3) is 0 Å². The average Bonchev–Trinajstić information content (AvgIpc) is 1.86. The Bertz CT molecular complexity index is 112. The van der Waals surface area contributed by atoms with Crippen molar-refractivity contribution in [3.05, 3.63) is 11.3 Å². The first-order valence-corrected chi connectivity index (χ1v) is 2.33. The summed E-state index contributed by atoms with van der Waals surface area (Å²) in [5.74, 6) is 0.806. The van der Waals surface area contributed by atoms with Gasteiger partial charge in [-0.25, -0.2) is 4.98 Å². The van der Waals surface area contributed by atoms with Gasteiger partial charge in [0.15, 0.2) is 5.51 Å². The molecule has 0 aromatic carbocycles. The lowest BCUT2D eigenvalue weighted by atomic mass is 10.8. The second kappa shape index (κ2) is 1.34. The molecule has 6 heavy (non-hydrogen) atoms. The fourth-order valence-corrected chi connectivity index (χ4v) is 0.580. The Labute approximate surface area is 40.0 Å². The molecule has 0 unspecified atom stereocenters. The van der Waals surface area contributed by atoms with Crippen LogP contribution in [0.25, 0.3) is 0 Å². The summed E-state index contributed by atoms with van der Waals surface area (Å²) in [5.41, 5.74) is 2.61. The summed E-state index contributed by atoms with van der Waals surface area (Å²) < 4.78 is 3.79. The van der Waals surface area contributed by atoms with E-state index in [4.69, 9.17) is 0 Å². The summed E-state index contributed by atoms with van der Waals surface area (Å²) in [6.45, 7) is 1.84. The minimum absolute atomic E-state index is 0.806. The molecule has 1 heterocycles.